The highest BCUT2D eigenvalue weighted by Gasteiger charge is 2.29. The van der Waals surface area contributed by atoms with Crippen molar-refractivity contribution in [3.63, 3.8) is 0 Å². The van der Waals surface area contributed by atoms with Crippen molar-refractivity contribution < 1.29 is 13.2 Å². The Labute approximate surface area is 197 Å². The number of alkyl halides is 3. The van der Waals surface area contributed by atoms with Crippen molar-refractivity contribution in [2.75, 3.05) is 26.7 Å². The average Bonchev–Trinajstić information content (AvgIpc) is 3.22. The zero-order valence-corrected chi connectivity index (χ0v) is 20.1. The van der Waals surface area contributed by atoms with Crippen LogP contribution in [0.15, 0.2) is 46.8 Å². The molecule has 1 aromatic carbocycles. The highest BCUT2D eigenvalue weighted by molar-refractivity contribution is 14.0. The molecule has 1 aromatic heterocycles. The van der Waals surface area contributed by atoms with Crippen molar-refractivity contribution in [2.24, 2.45) is 10.9 Å². The van der Waals surface area contributed by atoms with E-state index in [1.807, 2.05) is 0 Å². The fourth-order valence-corrected chi connectivity index (χ4v) is 4.18. The number of thiophene rings is 1. The molecule has 2 heterocycles. The Morgan fingerprint density at radius 1 is 1.13 bits per heavy atom. The second-order valence-corrected chi connectivity index (χ2v) is 8.33. The van der Waals surface area contributed by atoms with Gasteiger partial charge in [-0.25, -0.2) is 0 Å². The van der Waals surface area contributed by atoms with E-state index >= 15 is 0 Å². The summed E-state index contributed by atoms with van der Waals surface area (Å²) in [6.45, 7) is 4.51. The van der Waals surface area contributed by atoms with Crippen molar-refractivity contribution in [3.05, 3.63) is 57.8 Å². The minimum absolute atomic E-state index is 0. The topological polar surface area (TPSA) is 39.7 Å². The number of nitrogens with zero attached hydrogens (tertiary/aromatic N) is 2. The summed E-state index contributed by atoms with van der Waals surface area (Å²) in [7, 11) is 1.70. The first kappa shape index (κ1) is 24.9. The molecule has 0 spiro atoms. The Hall–Kier alpha value is -1.33. The van der Waals surface area contributed by atoms with Gasteiger partial charge in [0.25, 0.3) is 0 Å². The SMILES string of the molecule is CN=C(NCc1ccc(C(F)(F)F)cc1)NCC1CCN(Cc2cccs2)CC1.I. The van der Waals surface area contributed by atoms with E-state index in [9.17, 15) is 13.2 Å². The van der Waals surface area contributed by atoms with Crippen molar-refractivity contribution in [2.45, 2.75) is 32.1 Å². The molecule has 30 heavy (non-hydrogen) atoms. The number of piperidine rings is 1. The van der Waals surface area contributed by atoms with E-state index in [1.54, 1.807) is 18.4 Å². The van der Waals surface area contributed by atoms with Gasteiger partial charge in [0, 0.05) is 31.6 Å². The largest absolute Gasteiger partial charge is 0.416 e. The predicted molar refractivity (Wildman–Crippen MR) is 127 cm³/mol. The molecule has 9 heteroatoms. The second-order valence-electron chi connectivity index (χ2n) is 7.30. The van der Waals surface area contributed by atoms with Gasteiger partial charge >= 0.3 is 6.18 Å². The molecule has 2 N–H and O–H groups in total. The van der Waals surface area contributed by atoms with Crippen molar-refractivity contribution in [1.82, 2.24) is 15.5 Å². The molecule has 3 rings (SSSR count). The average molecular weight is 552 g/mol. The van der Waals surface area contributed by atoms with Crippen LogP contribution in [0.4, 0.5) is 13.2 Å². The molecule has 166 valence electrons. The summed E-state index contributed by atoms with van der Waals surface area (Å²) in [6.07, 6.45) is -2.01. The first-order valence-corrected chi connectivity index (χ1v) is 10.7. The molecular formula is C21H28F3IN4S. The number of rotatable bonds is 6. The Kier molecular flexibility index (Phi) is 9.89. The lowest BCUT2D eigenvalue weighted by Gasteiger charge is -2.32. The smallest absolute Gasteiger partial charge is 0.356 e. The first-order chi connectivity index (χ1) is 13.9. The van der Waals surface area contributed by atoms with E-state index in [4.69, 9.17) is 0 Å². The quantitative estimate of drug-likeness (QED) is 0.303. The summed E-state index contributed by atoms with van der Waals surface area (Å²) in [5, 5.41) is 8.64. The molecule has 1 aliphatic heterocycles. The van der Waals surface area contributed by atoms with Crippen LogP contribution in [0.25, 0.3) is 0 Å². The normalized spacial score (nSPS) is 16.2. The van der Waals surface area contributed by atoms with Crippen LogP contribution >= 0.6 is 35.3 Å². The van der Waals surface area contributed by atoms with Crippen LogP contribution < -0.4 is 10.6 Å². The second kappa shape index (κ2) is 11.9. The van der Waals surface area contributed by atoms with Crippen LogP contribution in [0, 0.1) is 5.92 Å². The number of likely N-dealkylation sites (tertiary alicyclic amines) is 1. The monoisotopic (exact) mass is 552 g/mol. The Bertz CT molecular complexity index is 771. The molecule has 0 saturated carbocycles. The van der Waals surface area contributed by atoms with Gasteiger partial charge in [-0.1, -0.05) is 18.2 Å². The Morgan fingerprint density at radius 2 is 1.83 bits per heavy atom. The third-order valence-electron chi connectivity index (χ3n) is 5.19. The molecule has 4 nitrogen and oxygen atoms in total. The summed E-state index contributed by atoms with van der Waals surface area (Å²) in [6, 6.07) is 9.48. The lowest BCUT2D eigenvalue weighted by molar-refractivity contribution is -0.137. The van der Waals surface area contributed by atoms with E-state index in [2.05, 4.69) is 38.0 Å². The van der Waals surface area contributed by atoms with Crippen molar-refractivity contribution >= 4 is 41.3 Å². The molecule has 0 bridgehead atoms. The van der Waals surface area contributed by atoms with Gasteiger partial charge in [0.15, 0.2) is 5.96 Å². The molecule has 1 fully saturated rings. The van der Waals surface area contributed by atoms with Crippen LogP contribution in [-0.2, 0) is 19.3 Å². The van der Waals surface area contributed by atoms with E-state index in [1.165, 1.54) is 17.0 Å². The summed E-state index contributed by atoms with van der Waals surface area (Å²) < 4.78 is 37.9. The Morgan fingerprint density at radius 3 is 2.40 bits per heavy atom. The molecule has 0 amide bonds. The summed E-state index contributed by atoms with van der Waals surface area (Å²) in [5.41, 5.74) is 0.150. The van der Waals surface area contributed by atoms with Crippen LogP contribution in [0.5, 0.6) is 0 Å². The minimum Gasteiger partial charge on any atom is -0.356 e. The number of aliphatic imine (C=N–C) groups is 1. The van der Waals surface area contributed by atoms with Gasteiger partial charge < -0.3 is 10.6 Å². The molecule has 1 aliphatic rings. The van der Waals surface area contributed by atoms with E-state index < -0.39 is 11.7 Å². The number of guanidine groups is 1. The van der Waals surface area contributed by atoms with Crippen LogP contribution in [0.2, 0.25) is 0 Å². The van der Waals surface area contributed by atoms with E-state index in [-0.39, 0.29) is 24.0 Å². The molecule has 0 radical (unpaired) electrons. The van der Waals surface area contributed by atoms with Crippen molar-refractivity contribution in [3.8, 4) is 0 Å². The third kappa shape index (κ3) is 7.73. The van der Waals surface area contributed by atoms with E-state index in [0.717, 1.165) is 56.7 Å². The van der Waals surface area contributed by atoms with Gasteiger partial charge in [-0.2, -0.15) is 13.2 Å². The number of benzene rings is 1. The van der Waals surface area contributed by atoms with Gasteiger partial charge in [0.1, 0.15) is 0 Å². The van der Waals surface area contributed by atoms with Gasteiger partial charge in [-0.05, 0) is 61.0 Å². The molecule has 1 saturated heterocycles. The van der Waals surface area contributed by atoms with E-state index in [0.29, 0.717) is 18.4 Å². The fourth-order valence-electron chi connectivity index (χ4n) is 3.43. The van der Waals surface area contributed by atoms with Crippen molar-refractivity contribution in [1.29, 1.82) is 0 Å². The standard InChI is InChI=1S/C21H27F3N4S.HI/c1-25-20(26-13-16-4-6-18(7-5-16)21(22,23)24)27-14-17-8-10-28(11-9-17)15-19-3-2-12-29-19;/h2-7,12,17H,8-11,13-15H2,1H3,(H2,25,26,27);1H. The first-order valence-electron chi connectivity index (χ1n) is 9.79. The van der Waals surface area contributed by atoms with Gasteiger partial charge in [-0.3, -0.25) is 9.89 Å². The number of hydrogen-bond donors (Lipinski definition) is 2. The maximum Gasteiger partial charge on any atom is 0.416 e. The predicted octanol–water partition coefficient (Wildman–Crippen LogP) is 4.96. The number of hydrogen-bond acceptors (Lipinski definition) is 3. The summed E-state index contributed by atoms with van der Waals surface area (Å²) in [5.74, 6) is 1.27. The maximum atomic E-state index is 12.6. The summed E-state index contributed by atoms with van der Waals surface area (Å²) in [4.78, 5) is 8.13. The number of halogens is 4. The minimum atomic E-state index is -4.30. The molecule has 0 atom stereocenters. The molecular weight excluding hydrogens is 524 g/mol. The Balaban J connectivity index is 0.00000320. The lowest BCUT2D eigenvalue weighted by atomic mass is 9.97. The van der Waals surface area contributed by atoms with Crippen LogP contribution in [0.3, 0.4) is 0 Å². The molecule has 0 aliphatic carbocycles. The highest BCUT2D eigenvalue weighted by atomic mass is 127. The van der Waals surface area contributed by atoms with Crippen LogP contribution in [0.1, 0.15) is 28.8 Å². The zero-order valence-electron chi connectivity index (χ0n) is 16.9. The lowest BCUT2D eigenvalue weighted by Crippen LogP contribution is -2.42. The number of nitrogens with one attached hydrogen (secondary N) is 2. The maximum absolute atomic E-state index is 12.6. The van der Waals surface area contributed by atoms with Gasteiger partial charge in [-0.15, -0.1) is 35.3 Å². The third-order valence-corrected chi connectivity index (χ3v) is 6.05. The molecule has 0 unspecified atom stereocenters. The van der Waals surface area contributed by atoms with Gasteiger partial charge in [0.2, 0.25) is 0 Å². The summed E-state index contributed by atoms with van der Waals surface area (Å²) >= 11 is 1.81. The van der Waals surface area contributed by atoms with Crippen LogP contribution in [-0.4, -0.2) is 37.5 Å². The fraction of sp³-hybridized carbons (Fsp3) is 0.476. The highest BCUT2D eigenvalue weighted by Crippen LogP contribution is 2.29. The zero-order chi connectivity index (χ0) is 20.7. The van der Waals surface area contributed by atoms with Gasteiger partial charge in [0.05, 0.1) is 5.56 Å². The molecule has 2 aromatic rings.